The van der Waals surface area contributed by atoms with Gasteiger partial charge in [0.2, 0.25) is 0 Å². The quantitative estimate of drug-likeness (QED) is 0.786. The zero-order valence-electron chi connectivity index (χ0n) is 13.5. The van der Waals surface area contributed by atoms with Crippen LogP contribution in [0.15, 0.2) is 42.6 Å². The molecule has 0 spiro atoms. The van der Waals surface area contributed by atoms with Crippen LogP contribution in [-0.2, 0) is 11.3 Å². The van der Waals surface area contributed by atoms with Gasteiger partial charge in [-0.1, -0.05) is 18.2 Å². The molecule has 0 N–H and O–H groups in total. The van der Waals surface area contributed by atoms with Crippen molar-refractivity contribution in [2.75, 3.05) is 26.8 Å². The van der Waals surface area contributed by atoms with Gasteiger partial charge >= 0.3 is 0 Å². The number of rotatable bonds is 7. The molecule has 5 heteroatoms. The highest BCUT2D eigenvalue weighted by molar-refractivity contribution is 5.20. The molecule has 0 radical (unpaired) electrons. The molecule has 23 heavy (non-hydrogen) atoms. The summed E-state index contributed by atoms with van der Waals surface area (Å²) in [6, 6.07) is 11.8. The first-order valence-electron chi connectivity index (χ1n) is 8.11. The summed E-state index contributed by atoms with van der Waals surface area (Å²) in [6.45, 7) is 3.09. The smallest absolute Gasteiger partial charge is 0.157 e. The van der Waals surface area contributed by atoms with Crippen molar-refractivity contribution in [3.8, 4) is 5.75 Å². The zero-order chi connectivity index (χ0) is 15.9. The fourth-order valence-electron chi connectivity index (χ4n) is 2.63. The Morgan fingerprint density at radius 1 is 1.26 bits per heavy atom. The molecular weight excluding hydrogens is 290 g/mol. The van der Waals surface area contributed by atoms with E-state index in [1.807, 2.05) is 42.6 Å². The predicted molar refractivity (Wildman–Crippen MR) is 88.2 cm³/mol. The molecule has 2 heterocycles. The first-order chi connectivity index (χ1) is 11.3. The van der Waals surface area contributed by atoms with Gasteiger partial charge in [0, 0.05) is 25.9 Å². The fraction of sp³-hybridized carbons (Fsp3) is 0.444. The maximum atomic E-state index is 5.72. The number of hydrogen-bond acceptors (Lipinski definition) is 5. The largest absolute Gasteiger partial charge is 0.492 e. The lowest BCUT2D eigenvalue weighted by molar-refractivity contribution is 0.104. The van der Waals surface area contributed by atoms with Crippen LogP contribution in [0, 0.1) is 0 Å². The molecule has 1 saturated heterocycles. The molecule has 2 aromatic rings. The van der Waals surface area contributed by atoms with Crippen molar-refractivity contribution in [1.29, 1.82) is 0 Å². The van der Waals surface area contributed by atoms with Crippen LogP contribution in [-0.4, -0.2) is 41.7 Å². The second-order valence-corrected chi connectivity index (χ2v) is 5.81. The highest BCUT2D eigenvalue weighted by Crippen LogP contribution is 2.25. The lowest BCUT2D eigenvalue weighted by Crippen LogP contribution is -2.24. The Hall–Kier alpha value is -1.98. The molecule has 122 valence electrons. The molecule has 1 aliphatic heterocycles. The minimum atomic E-state index is 0.0710. The van der Waals surface area contributed by atoms with Crippen molar-refractivity contribution in [3.05, 3.63) is 54.1 Å². The van der Waals surface area contributed by atoms with Crippen molar-refractivity contribution in [2.24, 2.45) is 0 Å². The molecule has 1 fully saturated rings. The third kappa shape index (κ3) is 4.74. The van der Waals surface area contributed by atoms with E-state index in [-0.39, 0.29) is 6.10 Å². The molecule has 5 nitrogen and oxygen atoms in total. The van der Waals surface area contributed by atoms with Gasteiger partial charge in [-0.25, -0.2) is 9.97 Å². The summed E-state index contributed by atoms with van der Waals surface area (Å²) in [4.78, 5) is 11.2. The van der Waals surface area contributed by atoms with Gasteiger partial charge in [0.25, 0.3) is 0 Å². The standard InChI is InChI=1S/C18H23N3O2/c1-21(11-13-22-16-6-3-2-4-7-16)14-15-9-10-19-18(20-15)17-8-5-12-23-17/h2-4,6-7,9-10,17H,5,8,11-14H2,1H3. The SMILES string of the molecule is CN(CCOc1ccccc1)Cc1ccnc(C2CCCO2)n1. The third-order valence-corrected chi connectivity index (χ3v) is 3.87. The maximum Gasteiger partial charge on any atom is 0.157 e. The third-order valence-electron chi connectivity index (χ3n) is 3.87. The minimum absolute atomic E-state index is 0.0710. The number of para-hydroxylation sites is 1. The molecular formula is C18H23N3O2. The van der Waals surface area contributed by atoms with Crippen molar-refractivity contribution in [1.82, 2.24) is 14.9 Å². The van der Waals surface area contributed by atoms with Gasteiger partial charge in [-0.05, 0) is 38.1 Å². The Balaban J connectivity index is 1.47. The number of hydrogen-bond donors (Lipinski definition) is 0. The molecule has 0 bridgehead atoms. The van der Waals surface area contributed by atoms with Crippen molar-refractivity contribution >= 4 is 0 Å². The number of likely N-dealkylation sites (N-methyl/N-ethyl adjacent to an activating group) is 1. The van der Waals surface area contributed by atoms with Crippen LogP contribution in [0.1, 0.15) is 30.5 Å². The van der Waals surface area contributed by atoms with Gasteiger partial charge in [0.1, 0.15) is 18.5 Å². The predicted octanol–water partition coefficient (Wildman–Crippen LogP) is 2.84. The highest BCUT2D eigenvalue weighted by Gasteiger charge is 2.20. The monoisotopic (exact) mass is 313 g/mol. The average Bonchev–Trinajstić information content (AvgIpc) is 3.11. The van der Waals surface area contributed by atoms with Gasteiger partial charge in [-0.3, -0.25) is 4.90 Å². The van der Waals surface area contributed by atoms with E-state index < -0.39 is 0 Å². The van der Waals surface area contributed by atoms with Crippen LogP contribution in [0.25, 0.3) is 0 Å². The molecule has 1 unspecified atom stereocenters. The average molecular weight is 313 g/mol. The number of aromatic nitrogens is 2. The Morgan fingerprint density at radius 2 is 2.13 bits per heavy atom. The minimum Gasteiger partial charge on any atom is -0.492 e. The van der Waals surface area contributed by atoms with Crippen LogP contribution in [0.2, 0.25) is 0 Å². The summed E-state index contributed by atoms with van der Waals surface area (Å²) >= 11 is 0. The fourth-order valence-corrected chi connectivity index (χ4v) is 2.63. The normalized spacial score (nSPS) is 17.6. The first kappa shape index (κ1) is 15.9. The summed E-state index contributed by atoms with van der Waals surface area (Å²) in [7, 11) is 2.07. The summed E-state index contributed by atoms with van der Waals surface area (Å²) in [6.07, 6.45) is 4.01. The van der Waals surface area contributed by atoms with Gasteiger partial charge in [-0.2, -0.15) is 0 Å². The summed E-state index contributed by atoms with van der Waals surface area (Å²) < 4.78 is 11.4. The molecule has 1 aromatic heterocycles. The molecule has 3 rings (SSSR count). The Labute approximate surface area is 137 Å². The Bertz CT molecular complexity index is 600. The van der Waals surface area contributed by atoms with Crippen LogP contribution in [0.3, 0.4) is 0 Å². The second kappa shape index (κ2) is 8.04. The maximum absolute atomic E-state index is 5.72. The summed E-state index contributed by atoms with van der Waals surface area (Å²) in [5.41, 5.74) is 1.02. The Morgan fingerprint density at radius 3 is 2.91 bits per heavy atom. The molecule has 1 atom stereocenters. The molecule has 0 saturated carbocycles. The number of benzene rings is 1. The second-order valence-electron chi connectivity index (χ2n) is 5.81. The number of ether oxygens (including phenoxy) is 2. The van der Waals surface area contributed by atoms with E-state index >= 15 is 0 Å². The lowest BCUT2D eigenvalue weighted by Gasteiger charge is -2.17. The van der Waals surface area contributed by atoms with Crippen molar-refractivity contribution in [3.63, 3.8) is 0 Å². The van der Waals surface area contributed by atoms with Crippen LogP contribution >= 0.6 is 0 Å². The van der Waals surface area contributed by atoms with Gasteiger partial charge in [0.15, 0.2) is 5.82 Å². The van der Waals surface area contributed by atoms with Crippen molar-refractivity contribution in [2.45, 2.75) is 25.5 Å². The molecule has 0 amide bonds. The molecule has 1 aliphatic rings. The van der Waals surface area contributed by atoms with Gasteiger partial charge in [-0.15, -0.1) is 0 Å². The van der Waals surface area contributed by atoms with E-state index in [0.717, 1.165) is 49.8 Å². The van der Waals surface area contributed by atoms with Gasteiger partial charge in [0.05, 0.1) is 5.69 Å². The van der Waals surface area contributed by atoms with Crippen LogP contribution < -0.4 is 4.74 Å². The summed E-state index contributed by atoms with van der Waals surface area (Å²) in [5, 5.41) is 0. The van der Waals surface area contributed by atoms with Crippen LogP contribution in [0.5, 0.6) is 5.75 Å². The zero-order valence-corrected chi connectivity index (χ0v) is 13.5. The Kier molecular flexibility index (Phi) is 5.56. The lowest BCUT2D eigenvalue weighted by atomic mass is 10.2. The van der Waals surface area contributed by atoms with Crippen LogP contribution in [0.4, 0.5) is 0 Å². The van der Waals surface area contributed by atoms with E-state index in [1.54, 1.807) is 0 Å². The van der Waals surface area contributed by atoms with Gasteiger partial charge < -0.3 is 9.47 Å². The van der Waals surface area contributed by atoms with E-state index in [0.29, 0.717) is 6.61 Å². The van der Waals surface area contributed by atoms with E-state index in [2.05, 4.69) is 21.9 Å². The highest BCUT2D eigenvalue weighted by atomic mass is 16.5. The van der Waals surface area contributed by atoms with E-state index in [9.17, 15) is 0 Å². The van der Waals surface area contributed by atoms with E-state index in [1.165, 1.54) is 0 Å². The summed E-state index contributed by atoms with van der Waals surface area (Å²) in [5.74, 6) is 1.72. The topological polar surface area (TPSA) is 47.5 Å². The molecule has 1 aromatic carbocycles. The number of nitrogens with zero attached hydrogens (tertiary/aromatic N) is 3. The molecule has 0 aliphatic carbocycles. The van der Waals surface area contributed by atoms with Crippen molar-refractivity contribution < 1.29 is 9.47 Å². The first-order valence-corrected chi connectivity index (χ1v) is 8.11. The van der Waals surface area contributed by atoms with E-state index in [4.69, 9.17) is 9.47 Å².